The highest BCUT2D eigenvalue weighted by atomic mass is 32.3. The molecule has 0 spiro atoms. The second kappa shape index (κ2) is 6.66. The Morgan fingerprint density at radius 2 is 1.83 bits per heavy atom. The molecule has 11 heteroatoms. The first-order chi connectivity index (χ1) is 5.27. The summed E-state index contributed by atoms with van der Waals surface area (Å²) >= 11 is 4.32. The molecular weight excluding hydrogens is 210 g/mol. The summed E-state index contributed by atoms with van der Waals surface area (Å²) in [5.41, 5.74) is 7.03. The number of nitrogens with zero attached hydrogens (tertiary/aromatic N) is 2. The van der Waals surface area contributed by atoms with Gasteiger partial charge in [0, 0.05) is 0 Å². The standard InChI is InChI=1S/CH5N5S.H2O4S/c2-1(7)4-6-5-3;1-5(2,3)4/h(H2,3,6)(H3,2,4,5,7);(H2,1,2,3,4). The third-order valence-electron chi connectivity index (χ3n) is 0.218. The fraction of sp³-hybridized carbons (Fsp3) is 0. The molecule has 0 heterocycles. The first kappa shape index (κ1) is 13.5. The van der Waals surface area contributed by atoms with Crippen molar-refractivity contribution in [2.24, 2.45) is 22.0 Å². The summed E-state index contributed by atoms with van der Waals surface area (Å²) in [5.74, 6) is 4.56. The average molecular weight is 217 g/mol. The number of hydrogen-bond donors (Lipinski definition) is 5. The number of nitrogens with two attached hydrogens (primary N) is 2. The Labute approximate surface area is 73.4 Å². The van der Waals surface area contributed by atoms with Crippen LogP contribution < -0.4 is 17.0 Å². The van der Waals surface area contributed by atoms with Crippen molar-refractivity contribution in [1.29, 1.82) is 0 Å². The van der Waals surface area contributed by atoms with Crippen LogP contribution in [0, 0.1) is 0 Å². The molecular formula is CH7N5O4S2. The Bertz CT molecular complexity index is 236. The van der Waals surface area contributed by atoms with Crippen molar-refractivity contribution in [3.05, 3.63) is 0 Å². The lowest BCUT2D eigenvalue weighted by Crippen LogP contribution is -2.23. The maximum Gasteiger partial charge on any atom is 0.394 e. The van der Waals surface area contributed by atoms with Crippen molar-refractivity contribution in [3.8, 4) is 0 Å². The van der Waals surface area contributed by atoms with E-state index in [4.69, 9.17) is 23.3 Å². The Kier molecular flexibility index (Phi) is 7.51. The maximum absolute atomic E-state index is 8.74. The summed E-state index contributed by atoms with van der Waals surface area (Å²) in [5, 5.41) is 5.93. The molecule has 0 aliphatic heterocycles. The van der Waals surface area contributed by atoms with Gasteiger partial charge in [0.15, 0.2) is 5.11 Å². The second-order valence-electron chi connectivity index (χ2n) is 1.14. The largest absolute Gasteiger partial charge is 0.394 e. The molecule has 0 aliphatic rings. The van der Waals surface area contributed by atoms with Gasteiger partial charge in [0.1, 0.15) is 0 Å². The molecule has 0 radical (unpaired) electrons. The molecule has 0 bridgehead atoms. The first-order valence-electron chi connectivity index (χ1n) is 2.12. The van der Waals surface area contributed by atoms with E-state index in [1.807, 2.05) is 0 Å². The van der Waals surface area contributed by atoms with Gasteiger partial charge in [0.25, 0.3) is 0 Å². The van der Waals surface area contributed by atoms with Crippen molar-refractivity contribution in [1.82, 2.24) is 5.43 Å². The summed E-state index contributed by atoms with van der Waals surface area (Å²) in [7, 11) is -4.67. The van der Waals surface area contributed by atoms with Crippen LogP contribution in [0.3, 0.4) is 0 Å². The van der Waals surface area contributed by atoms with Crippen molar-refractivity contribution >= 4 is 27.7 Å². The van der Waals surface area contributed by atoms with Crippen LogP contribution in [0.25, 0.3) is 0 Å². The molecule has 0 rings (SSSR count). The van der Waals surface area contributed by atoms with Crippen molar-refractivity contribution in [3.63, 3.8) is 0 Å². The Balaban J connectivity index is 0. The predicted octanol–water partition coefficient (Wildman–Crippen LogP) is -1.59. The molecule has 0 aromatic heterocycles. The lowest BCUT2D eigenvalue weighted by atomic mass is 11.2. The summed E-state index contributed by atoms with van der Waals surface area (Å²) in [6.45, 7) is 0. The number of hydrogen-bond acceptors (Lipinski definition) is 5. The van der Waals surface area contributed by atoms with E-state index >= 15 is 0 Å². The Morgan fingerprint density at radius 3 is 1.92 bits per heavy atom. The van der Waals surface area contributed by atoms with Crippen molar-refractivity contribution in [2.45, 2.75) is 0 Å². The van der Waals surface area contributed by atoms with Crippen molar-refractivity contribution in [2.75, 3.05) is 0 Å². The predicted molar refractivity (Wildman–Crippen MR) is 43.1 cm³/mol. The minimum atomic E-state index is -4.67. The van der Waals surface area contributed by atoms with E-state index in [-0.39, 0.29) is 5.11 Å². The van der Waals surface area contributed by atoms with Gasteiger partial charge in [0.2, 0.25) is 0 Å². The smallest absolute Gasteiger partial charge is 0.375 e. The topological polar surface area (TPSA) is 163 Å². The van der Waals surface area contributed by atoms with Crippen LogP contribution in [0.15, 0.2) is 10.4 Å². The van der Waals surface area contributed by atoms with Crippen LogP contribution >= 0.6 is 12.2 Å². The van der Waals surface area contributed by atoms with Crippen LogP contribution in [-0.2, 0) is 10.4 Å². The third-order valence-corrected chi connectivity index (χ3v) is 0.309. The number of thiocarbonyl (C=S) groups is 1. The molecule has 0 saturated carbocycles. The lowest BCUT2D eigenvalue weighted by Gasteiger charge is -1.86. The highest BCUT2D eigenvalue weighted by Gasteiger charge is 1.84. The molecule has 9 nitrogen and oxygen atoms in total. The Hall–Kier alpha value is -1.04. The van der Waals surface area contributed by atoms with Gasteiger partial charge >= 0.3 is 10.4 Å². The highest BCUT2D eigenvalue weighted by molar-refractivity contribution is 7.80. The molecule has 7 N–H and O–H groups in total. The second-order valence-corrected chi connectivity index (χ2v) is 2.47. The Morgan fingerprint density at radius 1 is 1.50 bits per heavy atom. The van der Waals surface area contributed by atoms with Crippen LogP contribution in [-0.4, -0.2) is 22.6 Å². The van der Waals surface area contributed by atoms with E-state index in [1.54, 1.807) is 0 Å². The maximum atomic E-state index is 8.74. The SMILES string of the molecule is NN=NNC(N)=S.O=S(=O)(O)O. The monoisotopic (exact) mass is 217 g/mol. The molecule has 0 fully saturated rings. The summed E-state index contributed by atoms with van der Waals surface area (Å²) < 4.78 is 31.6. The molecule has 0 aromatic rings. The van der Waals surface area contributed by atoms with E-state index in [0.717, 1.165) is 0 Å². The van der Waals surface area contributed by atoms with Gasteiger partial charge in [-0.25, -0.2) is 5.43 Å². The van der Waals surface area contributed by atoms with Crippen LogP contribution in [0.2, 0.25) is 0 Å². The molecule has 0 aliphatic carbocycles. The highest BCUT2D eigenvalue weighted by Crippen LogP contribution is 1.59. The van der Waals surface area contributed by atoms with Gasteiger partial charge < -0.3 is 11.6 Å². The zero-order valence-electron chi connectivity index (χ0n) is 5.58. The van der Waals surface area contributed by atoms with Gasteiger partial charge in [0.05, 0.1) is 0 Å². The van der Waals surface area contributed by atoms with Gasteiger partial charge in [-0.2, -0.15) is 8.42 Å². The summed E-state index contributed by atoms with van der Waals surface area (Å²) in [4.78, 5) is 0. The molecule has 72 valence electrons. The van der Waals surface area contributed by atoms with Gasteiger partial charge in [-0.3, -0.25) is 9.11 Å². The quantitative estimate of drug-likeness (QED) is 0.115. The molecule has 0 unspecified atom stereocenters. The number of nitrogens with one attached hydrogen (secondary N) is 1. The zero-order chi connectivity index (χ0) is 10.2. The molecule has 0 saturated heterocycles. The van der Waals surface area contributed by atoms with E-state index in [0.29, 0.717) is 0 Å². The van der Waals surface area contributed by atoms with E-state index in [1.165, 1.54) is 0 Å². The normalized spacial score (nSPS) is 10.2. The van der Waals surface area contributed by atoms with Gasteiger partial charge in [-0.15, -0.1) is 0 Å². The summed E-state index contributed by atoms with van der Waals surface area (Å²) in [6.07, 6.45) is 0. The van der Waals surface area contributed by atoms with Gasteiger partial charge in [-0.1, -0.05) is 5.22 Å². The van der Waals surface area contributed by atoms with Gasteiger partial charge in [-0.05, 0) is 17.4 Å². The zero-order valence-corrected chi connectivity index (χ0v) is 7.21. The van der Waals surface area contributed by atoms with Crippen LogP contribution in [0.1, 0.15) is 0 Å². The first-order valence-corrected chi connectivity index (χ1v) is 3.93. The summed E-state index contributed by atoms with van der Waals surface area (Å²) in [6, 6.07) is 0. The van der Waals surface area contributed by atoms with E-state index < -0.39 is 10.4 Å². The van der Waals surface area contributed by atoms with E-state index in [9.17, 15) is 0 Å². The number of rotatable bonds is 1. The minimum absolute atomic E-state index is 0.0502. The minimum Gasteiger partial charge on any atom is -0.375 e. The molecule has 0 amide bonds. The van der Waals surface area contributed by atoms with E-state index in [2.05, 4.69) is 33.9 Å². The fourth-order valence-corrected chi connectivity index (χ4v) is 0.119. The lowest BCUT2D eigenvalue weighted by molar-refractivity contribution is 0.381. The fourth-order valence-electron chi connectivity index (χ4n) is 0.0781. The molecule has 0 atom stereocenters. The van der Waals surface area contributed by atoms with Crippen LogP contribution in [0.4, 0.5) is 0 Å². The molecule has 12 heavy (non-hydrogen) atoms. The van der Waals surface area contributed by atoms with Crippen LogP contribution in [0.5, 0.6) is 0 Å². The third kappa shape index (κ3) is 64.8. The van der Waals surface area contributed by atoms with Crippen molar-refractivity contribution < 1.29 is 17.5 Å². The average Bonchev–Trinajstić information content (AvgIpc) is 1.79. The molecule has 0 aromatic carbocycles.